The van der Waals surface area contributed by atoms with E-state index in [0.717, 1.165) is 18.2 Å². The molecule has 29 heavy (non-hydrogen) atoms. The Morgan fingerprint density at radius 3 is 2.45 bits per heavy atom. The normalized spacial score (nSPS) is 12.6. The summed E-state index contributed by atoms with van der Waals surface area (Å²) in [6, 6.07) is 10.3. The lowest BCUT2D eigenvalue weighted by Crippen LogP contribution is -2.15. The van der Waals surface area contributed by atoms with Crippen molar-refractivity contribution in [1.29, 1.82) is 5.26 Å². The van der Waals surface area contributed by atoms with Gasteiger partial charge in [0.05, 0.1) is 48.1 Å². The van der Waals surface area contributed by atoms with Crippen molar-refractivity contribution >= 4 is 0 Å². The van der Waals surface area contributed by atoms with Crippen LogP contribution in [0.2, 0.25) is 0 Å². The predicted octanol–water partition coefficient (Wildman–Crippen LogP) is 4.63. The first kappa shape index (κ1) is 20.6. The van der Waals surface area contributed by atoms with E-state index >= 15 is 0 Å². The maximum Gasteiger partial charge on any atom is 0.416 e. The average Bonchev–Trinajstić information content (AvgIpc) is 3.17. The number of alkyl halides is 3. The van der Waals surface area contributed by atoms with E-state index in [1.165, 1.54) is 36.8 Å². The molecule has 0 aliphatic carbocycles. The topological polar surface area (TPSA) is 61.8 Å². The van der Waals surface area contributed by atoms with Crippen LogP contribution < -0.4 is 0 Å². The highest BCUT2D eigenvalue weighted by molar-refractivity contribution is 5.35. The minimum atomic E-state index is -4.40. The molecule has 4 nitrogen and oxygen atoms in total. The lowest BCUT2D eigenvalue weighted by Gasteiger charge is -2.22. The molecule has 0 aliphatic heterocycles. The van der Waals surface area contributed by atoms with Crippen LogP contribution in [0.3, 0.4) is 0 Å². The van der Waals surface area contributed by atoms with Gasteiger partial charge in [0.2, 0.25) is 0 Å². The monoisotopic (exact) mass is 403 g/mol. The lowest BCUT2D eigenvalue weighted by atomic mass is 9.96. The van der Waals surface area contributed by atoms with Crippen molar-refractivity contribution < 1.29 is 22.7 Å². The van der Waals surface area contributed by atoms with Gasteiger partial charge in [0, 0.05) is 5.56 Å². The minimum absolute atomic E-state index is 0.181. The highest BCUT2D eigenvalue weighted by atomic mass is 19.4. The van der Waals surface area contributed by atoms with Gasteiger partial charge in [-0.2, -0.15) is 18.4 Å². The fourth-order valence-corrected chi connectivity index (χ4v) is 3.21. The van der Waals surface area contributed by atoms with Crippen molar-refractivity contribution in [3.8, 4) is 6.07 Å². The van der Waals surface area contributed by atoms with E-state index in [1.54, 1.807) is 4.57 Å². The quantitative estimate of drug-likeness (QED) is 0.611. The summed E-state index contributed by atoms with van der Waals surface area (Å²) in [4.78, 5) is 4.00. The predicted molar refractivity (Wildman–Crippen MR) is 97.2 cm³/mol. The third-order valence-electron chi connectivity index (χ3n) is 4.72. The summed E-state index contributed by atoms with van der Waals surface area (Å²) in [6.07, 6.45) is -0.727. The Hall–Kier alpha value is -3.18. The molecule has 0 bridgehead atoms. The Labute approximate surface area is 164 Å². The van der Waals surface area contributed by atoms with Crippen molar-refractivity contribution in [2.75, 3.05) is 0 Å². The number of aromatic nitrogens is 2. The second-order valence-electron chi connectivity index (χ2n) is 6.55. The van der Waals surface area contributed by atoms with Crippen LogP contribution in [0.4, 0.5) is 17.6 Å². The number of nitriles is 1. The molecule has 1 N–H and O–H groups in total. The summed E-state index contributed by atoms with van der Waals surface area (Å²) in [5.74, 6) is -0.570. The van der Waals surface area contributed by atoms with Crippen LogP contribution in [0.25, 0.3) is 0 Å². The fourth-order valence-electron chi connectivity index (χ4n) is 3.21. The van der Waals surface area contributed by atoms with Gasteiger partial charge in [-0.05, 0) is 42.7 Å². The van der Waals surface area contributed by atoms with Gasteiger partial charge in [-0.25, -0.2) is 9.37 Å². The molecule has 150 valence electrons. The number of hydrogen-bond donors (Lipinski definition) is 1. The van der Waals surface area contributed by atoms with Crippen LogP contribution in [0.15, 0.2) is 55.0 Å². The Morgan fingerprint density at radius 2 is 1.86 bits per heavy atom. The van der Waals surface area contributed by atoms with E-state index in [1.807, 2.05) is 6.07 Å². The average molecular weight is 403 g/mol. The van der Waals surface area contributed by atoms with E-state index in [4.69, 9.17) is 5.26 Å². The summed E-state index contributed by atoms with van der Waals surface area (Å²) in [6.45, 7) is -0.297. The molecule has 3 rings (SSSR count). The number of aryl methyl sites for hydroxylation is 1. The molecule has 2 aromatic carbocycles. The summed E-state index contributed by atoms with van der Waals surface area (Å²) in [7, 11) is 0. The standard InChI is InChI=1S/C21H17F4N3O/c22-19-9-15(10-26)3-7-18(19)20(28-13-27-11-17(28)12-29)8-4-14-1-5-16(6-2-14)21(23,24)25/h1-3,5-7,9,11,13,20,29H,4,8,12H2/t20-/m1/s1. The van der Waals surface area contributed by atoms with E-state index < -0.39 is 23.6 Å². The molecule has 0 fully saturated rings. The molecule has 0 aliphatic rings. The molecule has 0 amide bonds. The van der Waals surface area contributed by atoms with Crippen LogP contribution in [0.1, 0.15) is 40.4 Å². The first-order valence-electron chi connectivity index (χ1n) is 8.80. The molecule has 1 atom stereocenters. The SMILES string of the molecule is N#Cc1ccc([C@@H](CCc2ccc(C(F)(F)F)cc2)n2cncc2CO)c(F)c1. The highest BCUT2D eigenvalue weighted by Gasteiger charge is 2.30. The number of imidazole rings is 1. The van der Waals surface area contributed by atoms with E-state index in [2.05, 4.69) is 4.98 Å². The molecule has 0 saturated carbocycles. The maximum atomic E-state index is 14.7. The van der Waals surface area contributed by atoms with Gasteiger partial charge >= 0.3 is 6.18 Å². The second kappa shape index (κ2) is 8.45. The summed E-state index contributed by atoms with van der Waals surface area (Å²) in [5.41, 5.74) is 0.909. The zero-order chi connectivity index (χ0) is 21.0. The third kappa shape index (κ3) is 4.63. The molecule has 0 spiro atoms. The van der Waals surface area contributed by atoms with Crippen LogP contribution in [0.5, 0.6) is 0 Å². The lowest BCUT2D eigenvalue weighted by molar-refractivity contribution is -0.137. The van der Waals surface area contributed by atoms with Gasteiger partial charge in [-0.3, -0.25) is 0 Å². The molecule has 3 aromatic rings. The van der Waals surface area contributed by atoms with Crippen molar-refractivity contribution in [2.24, 2.45) is 0 Å². The molecule has 1 aromatic heterocycles. The molecule has 0 saturated heterocycles. The summed E-state index contributed by atoms with van der Waals surface area (Å²) in [5, 5.41) is 18.5. The van der Waals surface area contributed by atoms with Crippen LogP contribution in [-0.4, -0.2) is 14.7 Å². The number of benzene rings is 2. The molecule has 0 radical (unpaired) electrons. The number of rotatable bonds is 6. The Kier molecular flexibility index (Phi) is 5.99. The van der Waals surface area contributed by atoms with Gasteiger partial charge in [-0.15, -0.1) is 0 Å². The summed E-state index contributed by atoms with van der Waals surface area (Å²) >= 11 is 0. The van der Waals surface area contributed by atoms with Gasteiger partial charge in [0.1, 0.15) is 5.82 Å². The van der Waals surface area contributed by atoms with E-state index in [0.29, 0.717) is 29.7 Å². The smallest absolute Gasteiger partial charge is 0.390 e. The highest BCUT2D eigenvalue weighted by Crippen LogP contribution is 2.31. The first-order chi connectivity index (χ1) is 13.8. The van der Waals surface area contributed by atoms with Gasteiger partial charge in [-0.1, -0.05) is 18.2 Å². The van der Waals surface area contributed by atoms with E-state index in [9.17, 15) is 22.7 Å². The summed E-state index contributed by atoms with van der Waals surface area (Å²) < 4.78 is 54.5. The number of aliphatic hydroxyl groups excluding tert-OH is 1. The number of hydrogen-bond acceptors (Lipinski definition) is 3. The number of nitrogens with zero attached hydrogens (tertiary/aromatic N) is 3. The molecule has 1 heterocycles. The molecular weight excluding hydrogens is 386 g/mol. The third-order valence-corrected chi connectivity index (χ3v) is 4.72. The van der Waals surface area contributed by atoms with Gasteiger partial charge in [0.25, 0.3) is 0 Å². The van der Waals surface area contributed by atoms with Crippen LogP contribution in [-0.2, 0) is 19.2 Å². The second-order valence-corrected chi connectivity index (χ2v) is 6.55. The fraction of sp³-hybridized carbons (Fsp3) is 0.238. The Morgan fingerprint density at radius 1 is 1.14 bits per heavy atom. The number of aliphatic hydroxyl groups is 1. The zero-order valence-corrected chi connectivity index (χ0v) is 15.2. The molecular formula is C21H17F4N3O. The minimum Gasteiger partial charge on any atom is -0.390 e. The Bertz CT molecular complexity index is 1020. The number of halogens is 4. The van der Waals surface area contributed by atoms with Crippen molar-refractivity contribution in [1.82, 2.24) is 9.55 Å². The largest absolute Gasteiger partial charge is 0.416 e. The first-order valence-corrected chi connectivity index (χ1v) is 8.80. The van der Waals surface area contributed by atoms with Crippen LogP contribution >= 0.6 is 0 Å². The van der Waals surface area contributed by atoms with Gasteiger partial charge in [0.15, 0.2) is 0 Å². The van der Waals surface area contributed by atoms with Crippen molar-refractivity contribution in [3.05, 3.63) is 88.8 Å². The molecule has 8 heteroatoms. The Balaban J connectivity index is 1.89. The van der Waals surface area contributed by atoms with Crippen molar-refractivity contribution in [3.63, 3.8) is 0 Å². The van der Waals surface area contributed by atoms with Crippen molar-refractivity contribution in [2.45, 2.75) is 31.7 Å². The molecule has 0 unspecified atom stereocenters. The zero-order valence-electron chi connectivity index (χ0n) is 15.2. The maximum absolute atomic E-state index is 14.7. The van der Waals surface area contributed by atoms with E-state index in [-0.39, 0.29) is 12.2 Å². The van der Waals surface area contributed by atoms with Gasteiger partial charge < -0.3 is 9.67 Å². The van der Waals surface area contributed by atoms with Crippen LogP contribution in [0, 0.1) is 17.1 Å².